The molecule has 0 spiro atoms. The van der Waals surface area contributed by atoms with Gasteiger partial charge in [0.1, 0.15) is 6.04 Å². The summed E-state index contributed by atoms with van der Waals surface area (Å²) in [6.45, 7) is 2.90. The number of esters is 1. The third-order valence-corrected chi connectivity index (χ3v) is 10.9. The Morgan fingerprint density at radius 1 is 0.730 bits per heavy atom. The fourth-order valence-electron chi connectivity index (χ4n) is 4.67. The van der Waals surface area contributed by atoms with Gasteiger partial charge in [0, 0.05) is 31.6 Å². The molecular formula is C31H31NO3P2. The number of hydrogen-bond donors (Lipinski definition) is 0. The smallest absolute Gasteiger partial charge is 0.323 e. The zero-order chi connectivity index (χ0) is 25.5. The molecule has 0 radical (unpaired) electrons. The minimum atomic E-state index is -1.03. The van der Waals surface area contributed by atoms with Crippen LogP contribution in [0.4, 0.5) is 0 Å². The highest BCUT2D eigenvalue weighted by molar-refractivity contribution is 7.71. The van der Waals surface area contributed by atoms with Crippen LogP contribution in [0.25, 0.3) is 0 Å². The van der Waals surface area contributed by atoms with Gasteiger partial charge in [-0.15, -0.1) is 0 Å². The average Bonchev–Trinajstić information content (AvgIpc) is 3.37. The number of benzene rings is 4. The van der Waals surface area contributed by atoms with Crippen LogP contribution in [-0.2, 0) is 14.1 Å². The van der Waals surface area contributed by atoms with E-state index >= 15 is 0 Å². The number of ether oxygens (including phenoxy) is 1. The maximum absolute atomic E-state index is 13.3. The van der Waals surface area contributed by atoms with Crippen molar-refractivity contribution < 1.29 is 14.1 Å². The van der Waals surface area contributed by atoms with Crippen molar-refractivity contribution in [3.8, 4) is 0 Å². The van der Waals surface area contributed by atoms with Gasteiger partial charge >= 0.3 is 5.97 Å². The Morgan fingerprint density at radius 3 is 1.59 bits per heavy atom. The van der Waals surface area contributed by atoms with Gasteiger partial charge in [0.05, 0.1) is 20.9 Å². The van der Waals surface area contributed by atoms with E-state index in [1.54, 1.807) is 0 Å². The van der Waals surface area contributed by atoms with Crippen molar-refractivity contribution in [2.24, 2.45) is 0 Å². The van der Waals surface area contributed by atoms with Crippen molar-refractivity contribution in [1.82, 2.24) is 4.67 Å². The molecule has 0 amide bonds. The second-order valence-corrected chi connectivity index (χ2v) is 12.8. The normalized spacial score (nSPS) is 17.8. The summed E-state index contributed by atoms with van der Waals surface area (Å²) in [6.07, 6.45) is 0.508. The van der Waals surface area contributed by atoms with Crippen molar-refractivity contribution in [1.29, 1.82) is 0 Å². The summed E-state index contributed by atoms with van der Waals surface area (Å²) < 4.78 is 14.8. The fraction of sp³-hybridized carbons (Fsp3) is 0.194. The standard InChI is InChI=1S/C31H31NO3P2/c1-2-34-31(33)30-23-25(35-37(28-19-11-5-12-20-28)29-21-13-6-14-22-29)24-32(30)36(26-15-7-3-8-16-26)27-17-9-4-10-18-27/h3-22,25,30H,2,23-24H2,1H3/t25-,30+/m1/s1. The first-order valence-electron chi connectivity index (χ1n) is 12.6. The molecule has 5 rings (SSSR count). The van der Waals surface area contributed by atoms with E-state index < -0.39 is 16.2 Å². The summed E-state index contributed by atoms with van der Waals surface area (Å²) in [5, 5.41) is 4.77. The quantitative estimate of drug-likeness (QED) is 0.224. The number of hydrogen-bond acceptors (Lipinski definition) is 4. The predicted octanol–water partition coefficient (Wildman–Crippen LogP) is 5.10. The van der Waals surface area contributed by atoms with Gasteiger partial charge in [-0.3, -0.25) is 9.46 Å². The lowest BCUT2D eigenvalue weighted by atomic mass is 10.2. The van der Waals surface area contributed by atoms with Crippen LogP contribution in [-0.4, -0.2) is 35.9 Å². The molecule has 1 saturated heterocycles. The molecule has 1 fully saturated rings. The number of rotatable bonds is 9. The number of nitrogens with zero attached hydrogens (tertiary/aromatic N) is 1. The third-order valence-electron chi connectivity index (χ3n) is 6.29. The summed E-state index contributed by atoms with van der Waals surface area (Å²) in [7, 11) is -1.96. The molecule has 6 heteroatoms. The van der Waals surface area contributed by atoms with Gasteiger partial charge < -0.3 is 9.26 Å². The Kier molecular flexibility index (Phi) is 8.76. The lowest BCUT2D eigenvalue weighted by Gasteiger charge is -2.32. The van der Waals surface area contributed by atoms with Crippen LogP contribution in [0, 0.1) is 0 Å². The maximum atomic E-state index is 13.3. The molecule has 4 aromatic carbocycles. The molecule has 1 aliphatic heterocycles. The van der Waals surface area contributed by atoms with Crippen LogP contribution < -0.4 is 21.2 Å². The Labute approximate surface area is 221 Å². The van der Waals surface area contributed by atoms with E-state index in [0.29, 0.717) is 19.6 Å². The average molecular weight is 528 g/mol. The van der Waals surface area contributed by atoms with Crippen molar-refractivity contribution in [3.05, 3.63) is 121 Å². The molecule has 4 nitrogen and oxygen atoms in total. The number of carbonyl (C=O) groups excluding carboxylic acids is 1. The lowest BCUT2D eigenvalue weighted by Crippen LogP contribution is -2.38. The highest BCUT2D eigenvalue weighted by Crippen LogP contribution is 2.47. The van der Waals surface area contributed by atoms with Gasteiger partial charge in [0.15, 0.2) is 0 Å². The Morgan fingerprint density at radius 2 is 1.16 bits per heavy atom. The molecule has 0 aliphatic carbocycles. The van der Waals surface area contributed by atoms with E-state index in [4.69, 9.17) is 9.26 Å². The van der Waals surface area contributed by atoms with E-state index in [1.807, 2.05) is 31.2 Å². The first-order chi connectivity index (χ1) is 18.2. The minimum Gasteiger partial charge on any atom is -0.465 e. The molecule has 0 N–H and O–H groups in total. The zero-order valence-electron chi connectivity index (χ0n) is 20.9. The molecule has 0 aromatic heterocycles. The van der Waals surface area contributed by atoms with Crippen molar-refractivity contribution in [3.63, 3.8) is 0 Å². The van der Waals surface area contributed by atoms with E-state index in [2.05, 4.69) is 102 Å². The maximum Gasteiger partial charge on any atom is 0.323 e. The van der Waals surface area contributed by atoms with Gasteiger partial charge in [-0.2, -0.15) is 0 Å². The van der Waals surface area contributed by atoms with Gasteiger partial charge in [0.2, 0.25) is 0 Å². The van der Waals surface area contributed by atoms with Crippen molar-refractivity contribution in [2.75, 3.05) is 13.2 Å². The summed E-state index contributed by atoms with van der Waals surface area (Å²) in [5.41, 5.74) is 0. The van der Waals surface area contributed by atoms with Crippen molar-refractivity contribution >= 4 is 43.4 Å². The van der Waals surface area contributed by atoms with Gasteiger partial charge in [-0.05, 0) is 17.5 Å². The lowest BCUT2D eigenvalue weighted by molar-refractivity contribution is -0.146. The molecule has 1 heterocycles. The third kappa shape index (κ3) is 6.17. The van der Waals surface area contributed by atoms with Crippen molar-refractivity contribution in [2.45, 2.75) is 25.5 Å². The Hall–Kier alpha value is -2.87. The first kappa shape index (κ1) is 25.8. The van der Waals surface area contributed by atoms with Gasteiger partial charge in [0.25, 0.3) is 0 Å². The van der Waals surface area contributed by atoms with Crippen LogP contribution >= 0.6 is 16.2 Å². The second-order valence-electron chi connectivity index (χ2n) is 8.80. The molecule has 1 aliphatic rings. The molecule has 0 unspecified atom stereocenters. The molecule has 0 saturated carbocycles. The summed E-state index contributed by atoms with van der Waals surface area (Å²) in [6, 6.07) is 41.5. The van der Waals surface area contributed by atoms with Crippen LogP contribution in [0.5, 0.6) is 0 Å². The molecular weight excluding hydrogens is 496 g/mol. The van der Waals surface area contributed by atoms with E-state index in [1.165, 1.54) is 21.2 Å². The highest BCUT2D eigenvalue weighted by atomic mass is 31.1. The molecule has 4 aromatic rings. The first-order valence-corrected chi connectivity index (χ1v) is 15.2. The number of carbonyl (C=O) groups is 1. The molecule has 0 bridgehead atoms. The van der Waals surface area contributed by atoms with Crippen LogP contribution in [0.15, 0.2) is 121 Å². The van der Waals surface area contributed by atoms with Gasteiger partial charge in [-0.25, -0.2) is 0 Å². The summed E-state index contributed by atoms with van der Waals surface area (Å²) in [4.78, 5) is 13.3. The Bertz CT molecular complexity index is 1180. The Balaban J connectivity index is 1.50. The van der Waals surface area contributed by atoms with Crippen LogP contribution in [0.2, 0.25) is 0 Å². The van der Waals surface area contributed by atoms with E-state index in [-0.39, 0.29) is 18.1 Å². The van der Waals surface area contributed by atoms with Crippen LogP contribution in [0.1, 0.15) is 13.3 Å². The van der Waals surface area contributed by atoms with E-state index in [9.17, 15) is 4.79 Å². The largest absolute Gasteiger partial charge is 0.465 e. The monoisotopic (exact) mass is 527 g/mol. The summed E-state index contributed by atoms with van der Waals surface area (Å²) in [5.74, 6) is -0.170. The summed E-state index contributed by atoms with van der Waals surface area (Å²) >= 11 is 0. The molecule has 2 atom stereocenters. The molecule has 37 heavy (non-hydrogen) atoms. The second kappa shape index (κ2) is 12.6. The predicted molar refractivity (Wildman–Crippen MR) is 155 cm³/mol. The van der Waals surface area contributed by atoms with Crippen LogP contribution in [0.3, 0.4) is 0 Å². The minimum absolute atomic E-state index is 0.0987. The SMILES string of the molecule is CCOC(=O)[C@@H]1C[C@@H](OP(c2ccccc2)c2ccccc2)CN1P(c1ccccc1)c1ccccc1. The van der Waals surface area contributed by atoms with E-state index in [0.717, 1.165) is 0 Å². The fourth-order valence-corrected chi connectivity index (χ4v) is 9.16. The molecule has 188 valence electrons. The van der Waals surface area contributed by atoms with Gasteiger partial charge in [-0.1, -0.05) is 121 Å². The topological polar surface area (TPSA) is 38.8 Å². The highest BCUT2D eigenvalue weighted by Gasteiger charge is 2.44. The zero-order valence-corrected chi connectivity index (χ0v) is 22.7.